The third-order valence-electron chi connectivity index (χ3n) is 5.49. The van der Waals surface area contributed by atoms with Gasteiger partial charge in [-0.15, -0.1) is 0 Å². The first-order chi connectivity index (χ1) is 15.1. The molecule has 8 heteroatoms. The van der Waals surface area contributed by atoms with Crippen LogP contribution in [-0.2, 0) is 16.1 Å². The smallest absolute Gasteiger partial charge is 0.261 e. The Morgan fingerprint density at radius 1 is 1.16 bits per heavy atom. The van der Waals surface area contributed by atoms with Crippen molar-refractivity contribution >= 4 is 16.8 Å². The maximum absolute atomic E-state index is 12.9. The number of carbonyl (C=O) groups excluding carboxylic acids is 1. The number of amides is 1. The Labute approximate surface area is 180 Å². The number of morpholine rings is 1. The number of carbonyl (C=O) groups is 1. The highest BCUT2D eigenvalue weighted by Crippen LogP contribution is 2.29. The second kappa shape index (κ2) is 9.18. The standard InChI is InChI=1S/C23H25N3O5/c1-29-19-12-17-18(13-20(19)30-2)24-15-26(23(17)28)9-8-22(27)25-10-11-31-21(14-25)16-6-4-3-5-7-16/h3-7,12-13,15,21H,8-11,14H2,1-2H3/t21-/m0/s1. The SMILES string of the molecule is COc1cc2ncn(CCC(=O)N3CCO[C@H](c4ccccc4)C3)c(=O)c2cc1OC. The van der Waals surface area contributed by atoms with Gasteiger partial charge < -0.3 is 19.1 Å². The molecule has 2 heterocycles. The van der Waals surface area contributed by atoms with Gasteiger partial charge >= 0.3 is 0 Å². The fraction of sp³-hybridized carbons (Fsp3) is 0.348. The molecule has 0 aliphatic carbocycles. The molecule has 162 valence electrons. The van der Waals surface area contributed by atoms with Crippen LogP contribution in [0.15, 0.2) is 53.6 Å². The molecule has 1 aliphatic rings. The number of hydrogen-bond donors (Lipinski definition) is 0. The molecule has 4 rings (SSSR count). The topological polar surface area (TPSA) is 82.9 Å². The molecule has 1 aliphatic heterocycles. The molecule has 3 aromatic rings. The van der Waals surface area contributed by atoms with E-state index in [1.54, 1.807) is 17.0 Å². The van der Waals surface area contributed by atoms with Gasteiger partial charge in [-0.3, -0.25) is 14.2 Å². The Bertz CT molecular complexity index is 1130. The van der Waals surface area contributed by atoms with Crippen LogP contribution in [0.1, 0.15) is 18.1 Å². The third kappa shape index (κ3) is 4.39. The van der Waals surface area contributed by atoms with Crippen LogP contribution in [0.3, 0.4) is 0 Å². The number of aromatic nitrogens is 2. The summed E-state index contributed by atoms with van der Waals surface area (Å²) < 4.78 is 17.9. The van der Waals surface area contributed by atoms with Crippen LogP contribution in [0, 0.1) is 0 Å². The maximum atomic E-state index is 12.9. The molecular weight excluding hydrogens is 398 g/mol. The number of hydrogen-bond acceptors (Lipinski definition) is 6. The van der Waals surface area contributed by atoms with Gasteiger partial charge in [0.1, 0.15) is 6.10 Å². The van der Waals surface area contributed by atoms with Gasteiger partial charge in [0.25, 0.3) is 5.56 Å². The van der Waals surface area contributed by atoms with E-state index in [0.717, 1.165) is 5.56 Å². The average Bonchev–Trinajstić information content (AvgIpc) is 2.83. The summed E-state index contributed by atoms with van der Waals surface area (Å²) in [5, 5.41) is 0.420. The quantitative estimate of drug-likeness (QED) is 0.606. The van der Waals surface area contributed by atoms with Crippen molar-refractivity contribution in [2.75, 3.05) is 33.9 Å². The minimum Gasteiger partial charge on any atom is -0.493 e. The first-order valence-electron chi connectivity index (χ1n) is 10.2. The monoisotopic (exact) mass is 423 g/mol. The minimum absolute atomic E-state index is 0.0106. The van der Waals surface area contributed by atoms with Gasteiger partial charge in [-0.1, -0.05) is 30.3 Å². The molecule has 0 saturated carbocycles. The van der Waals surface area contributed by atoms with E-state index in [1.807, 2.05) is 30.3 Å². The van der Waals surface area contributed by atoms with Crippen LogP contribution in [0.2, 0.25) is 0 Å². The van der Waals surface area contributed by atoms with Crippen LogP contribution in [0.25, 0.3) is 10.9 Å². The summed E-state index contributed by atoms with van der Waals surface area (Å²) in [6.45, 7) is 1.79. The highest BCUT2D eigenvalue weighted by Gasteiger charge is 2.25. The summed E-state index contributed by atoms with van der Waals surface area (Å²) in [6, 6.07) is 13.2. The lowest BCUT2D eigenvalue weighted by molar-refractivity contribution is -0.139. The first-order valence-corrected chi connectivity index (χ1v) is 10.2. The predicted molar refractivity (Wildman–Crippen MR) is 115 cm³/mol. The number of benzene rings is 2. The Morgan fingerprint density at radius 2 is 1.90 bits per heavy atom. The molecule has 0 spiro atoms. The van der Waals surface area contributed by atoms with Gasteiger partial charge in [-0.2, -0.15) is 0 Å². The van der Waals surface area contributed by atoms with Crippen molar-refractivity contribution in [3.05, 3.63) is 64.7 Å². The van der Waals surface area contributed by atoms with E-state index >= 15 is 0 Å². The maximum Gasteiger partial charge on any atom is 0.261 e. The Morgan fingerprint density at radius 3 is 2.65 bits per heavy atom. The summed E-state index contributed by atoms with van der Waals surface area (Å²) in [4.78, 5) is 31.9. The summed E-state index contributed by atoms with van der Waals surface area (Å²) in [5.74, 6) is 0.960. The molecule has 1 fully saturated rings. The Kier molecular flexibility index (Phi) is 6.18. The number of ether oxygens (including phenoxy) is 3. The van der Waals surface area contributed by atoms with Crippen LogP contribution in [0.4, 0.5) is 0 Å². The fourth-order valence-electron chi connectivity index (χ4n) is 3.76. The van der Waals surface area contributed by atoms with Gasteiger partial charge in [-0.05, 0) is 11.6 Å². The zero-order valence-corrected chi connectivity index (χ0v) is 17.6. The Balaban J connectivity index is 1.46. The van der Waals surface area contributed by atoms with E-state index in [1.165, 1.54) is 25.1 Å². The molecule has 0 N–H and O–H groups in total. The second-order valence-corrected chi connectivity index (χ2v) is 7.33. The highest BCUT2D eigenvalue weighted by atomic mass is 16.5. The van der Waals surface area contributed by atoms with Crippen molar-refractivity contribution in [3.8, 4) is 11.5 Å². The molecule has 31 heavy (non-hydrogen) atoms. The molecule has 0 radical (unpaired) electrons. The second-order valence-electron chi connectivity index (χ2n) is 7.33. The molecule has 0 bridgehead atoms. The lowest BCUT2D eigenvalue weighted by Crippen LogP contribution is -2.42. The van der Waals surface area contributed by atoms with E-state index in [0.29, 0.717) is 42.1 Å². The van der Waals surface area contributed by atoms with E-state index in [2.05, 4.69) is 4.98 Å². The summed E-state index contributed by atoms with van der Waals surface area (Å²) in [6.07, 6.45) is 1.55. The zero-order chi connectivity index (χ0) is 21.8. The normalized spacial score (nSPS) is 16.3. The van der Waals surface area contributed by atoms with Crippen molar-refractivity contribution < 1.29 is 19.0 Å². The van der Waals surface area contributed by atoms with Gasteiger partial charge in [0.05, 0.1) is 44.6 Å². The molecule has 1 amide bonds. The molecule has 0 unspecified atom stereocenters. The van der Waals surface area contributed by atoms with Crippen LogP contribution < -0.4 is 15.0 Å². The number of aryl methyl sites for hydroxylation is 1. The number of rotatable bonds is 6. The molecule has 1 saturated heterocycles. The summed E-state index contributed by atoms with van der Waals surface area (Å²) >= 11 is 0. The van der Waals surface area contributed by atoms with E-state index in [9.17, 15) is 9.59 Å². The van der Waals surface area contributed by atoms with Crippen molar-refractivity contribution in [2.45, 2.75) is 19.1 Å². The first kappa shape index (κ1) is 20.9. The van der Waals surface area contributed by atoms with Crippen molar-refractivity contribution in [1.82, 2.24) is 14.5 Å². The molecule has 1 aromatic heterocycles. The highest BCUT2D eigenvalue weighted by molar-refractivity contribution is 5.81. The molecule has 8 nitrogen and oxygen atoms in total. The van der Waals surface area contributed by atoms with Gasteiger partial charge in [0.2, 0.25) is 5.91 Å². The molecule has 2 aromatic carbocycles. The average molecular weight is 423 g/mol. The largest absolute Gasteiger partial charge is 0.493 e. The number of nitrogens with zero attached hydrogens (tertiary/aromatic N) is 3. The van der Waals surface area contributed by atoms with Gasteiger partial charge in [0, 0.05) is 25.6 Å². The Hall–Kier alpha value is -3.39. The number of methoxy groups -OCH3 is 2. The summed E-state index contributed by atoms with van der Waals surface area (Å²) in [5.41, 5.74) is 1.35. The summed E-state index contributed by atoms with van der Waals surface area (Å²) in [7, 11) is 3.05. The fourth-order valence-corrected chi connectivity index (χ4v) is 3.76. The van der Waals surface area contributed by atoms with E-state index < -0.39 is 0 Å². The number of fused-ring (bicyclic) bond motifs is 1. The van der Waals surface area contributed by atoms with Gasteiger partial charge in [0.15, 0.2) is 11.5 Å². The molecule has 1 atom stereocenters. The van der Waals surface area contributed by atoms with Crippen molar-refractivity contribution in [1.29, 1.82) is 0 Å². The van der Waals surface area contributed by atoms with Crippen LogP contribution >= 0.6 is 0 Å². The minimum atomic E-state index is -0.220. The van der Waals surface area contributed by atoms with Crippen LogP contribution in [0.5, 0.6) is 11.5 Å². The molecular formula is C23H25N3O5. The lowest BCUT2D eigenvalue weighted by atomic mass is 10.1. The van der Waals surface area contributed by atoms with Crippen molar-refractivity contribution in [2.24, 2.45) is 0 Å². The zero-order valence-electron chi connectivity index (χ0n) is 17.6. The van der Waals surface area contributed by atoms with Crippen LogP contribution in [-0.4, -0.2) is 54.3 Å². The van der Waals surface area contributed by atoms with Gasteiger partial charge in [-0.25, -0.2) is 4.98 Å². The predicted octanol–water partition coefficient (Wildman–Crippen LogP) is 2.40. The van der Waals surface area contributed by atoms with E-state index in [-0.39, 0.29) is 30.5 Å². The van der Waals surface area contributed by atoms with E-state index in [4.69, 9.17) is 14.2 Å². The lowest BCUT2D eigenvalue weighted by Gasteiger charge is -2.33. The van der Waals surface area contributed by atoms with Crippen molar-refractivity contribution in [3.63, 3.8) is 0 Å². The third-order valence-corrected chi connectivity index (χ3v) is 5.49.